The lowest BCUT2D eigenvalue weighted by molar-refractivity contribution is 0.0992. The van der Waals surface area contributed by atoms with Crippen LogP contribution in [0.3, 0.4) is 0 Å². The van der Waals surface area contributed by atoms with Crippen LogP contribution >= 0.6 is 0 Å². The van der Waals surface area contributed by atoms with Gasteiger partial charge in [-0.25, -0.2) is 9.37 Å². The normalized spacial score (nSPS) is 10.3. The number of amides is 1. The molecule has 5 heteroatoms. The minimum atomic E-state index is -0.757. The van der Waals surface area contributed by atoms with Gasteiger partial charge in [-0.3, -0.25) is 4.79 Å². The molecule has 0 unspecified atom stereocenters. The highest BCUT2D eigenvalue weighted by Gasteiger charge is 2.13. The number of carbonyl (C=O) groups is 1. The van der Waals surface area contributed by atoms with E-state index in [-0.39, 0.29) is 17.5 Å². The number of nitrogens with zero attached hydrogens (tertiary/aromatic N) is 1. The number of pyridine rings is 1. The van der Waals surface area contributed by atoms with Crippen molar-refractivity contribution in [3.63, 3.8) is 0 Å². The molecule has 1 rings (SSSR count). The van der Waals surface area contributed by atoms with Crippen LogP contribution in [0, 0.1) is 5.82 Å². The maximum Gasteiger partial charge on any atom is 0.254 e. The van der Waals surface area contributed by atoms with Crippen LogP contribution in [0.25, 0.3) is 0 Å². The summed E-state index contributed by atoms with van der Waals surface area (Å²) in [6.07, 6.45) is 0.829. The zero-order valence-electron chi connectivity index (χ0n) is 7.95. The van der Waals surface area contributed by atoms with Gasteiger partial charge in [0.2, 0.25) is 5.88 Å². The lowest BCUT2D eigenvalue weighted by Gasteiger charge is -2.10. The SMILES string of the molecule is CC(C)Oc1ncc(F)cc1C(N)=O. The topological polar surface area (TPSA) is 65.2 Å². The molecule has 0 aliphatic carbocycles. The molecule has 0 fully saturated rings. The summed E-state index contributed by atoms with van der Waals surface area (Å²) in [5.41, 5.74) is 4.99. The molecule has 0 atom stereocenters. The Bertz CT molecular complexity index is 353. The molecule has 0 aromatic carbocycles. The van der Waals surface area contributed by atoms with E-state index in [2.05, 4.69) is 4.98 Å². The van der Waals surface area contributed by atoms with E-state index in [9.17, 15) is 9.18 Å². The zero-order valence-corrected chi connectivity index (χ0v) is 7.95. The molecule has 1 aromatic heterocycles. The monoisotopic (exact) mass is 198 g/mol. The predicted octanol–water partition coefficient (Wildman–Crippen LogP) is 1.11. The summed E-state index contributed by atoms with van der Waals surface area (Å²) in [4.78, 5) is 14.5. The summed E-state index contributed by atoms with van der Waals surface area (Å²) in [5, 5.41) is 0. The van der Waals surface area contributed by atoms with Gasteiger partial charge < -0.3 is 10.5 Å². The van der Waals surface area contributed by atoms with Crippen molar-refractivity contribution in [1.29, 1.82) is 0 Å². The Morgan fingerprint density at radius 3 is 2.79 bits per heavy atom. The quantitative estimate of drug-likeness (QED) is 0.791. The molecule has 0 bridgehead atoms. The fourth-order valence-electron chi connectivity index (χ4n) is 0.920. The largest absolute Gasteiger partial charge is 0.474 e. The first kappa shape index (κ1) is 10.4. The Labute approximate surface area is 80.9 Å². The predicted molar refractivity (Wildman–Crippen MR) is 48.5 cm³/mol. The van der Waals surface area contributed by atoms with Crippen molar-refractivity contribution >= 4 is 5.91 Å². The number of primary amides is 1. The highest BCUT2D eigenvalue weighted by molar-refractivity contribution is 5.94. The molecule has 4 nitrogen and oxygen atoms in total. The highest BCUT2D eigenvalue weighted by atomic mass is 19.1. The molecule has 0 saturated carbocycles. The van der Waals surface area contributed by atoms with Gasteiger partial charge in [0.25, 0.3) is 5.91 Å². The van der Waals surface area contributed by atoms with E-state index in [0.717, 1.165) is 12.3 Å². The number of hydrogen-bond acceptors (Lipinski definition) is 3. The van der Waals surface area contributed by atoms with Crippen molar-refractivity contribution in [2.75, 3.05) is 0 Å². The van der Waals surface area contributed by atoms with Gasteiger partial charge in [-0.15, -0.1) is 0 Å². The summed E-state index contributed by atoms with van der Waals surface area (Å²) in [6.45, 7) is 3.55. The Kier molecular flexibility index (Phi) is 3.01. The highest BCUT2D eigenvalue weighted by Crippen LogP contribution is 2.16. The Hall–Kier alpha value is -1.65. The van der Waals surface area contributed by atoms with E-state index in [1.807, 2.05) is 0 Å². The second kappa shape index (κ2) is 4.04. The number of halogens is 1. The maximum absolute atomic E-state index is 12.7. The summed E-state index contributed by atoms with van der Waals surface area (Å²) in [6, 6.07) is 1.01. The summed E-state index contributed by atoms with van der Waals surface area (Å²) in [5.74, 6) is -1.31. The minimum Gasteiger partial charge on any atom is -0.474 e. The van der Waals surface area contributed by atoms with Crippen molar-refractivity contribution in [3.8, 4) is 5.88 Å². The lowest BCUT2D eigenvalue weighted by atomic mass is 10.2. The number of aromatic nitrogens is 1. The summed E-state index contributed by atoms with van der Waals surface area (Å²) in [7, 11) is 0. The van der Waals surface area contributed by atoms with Gasteiger partial charge in [-0.1, -0.05) is 0 Å². The number of rotatable bonds is 3. The molecule has 1 aromatic rings. The molecule has 0 radical (unpaired) electrons. The van der Waals surface area contributed by atoms with Gasteiger partial charge in [0.15, 0.2) is 0 Å². The van der Waals surface area contributed by atoms with E-state index >= 15 is 0 Å². The molecule has 1 amide bonds. The van der Waals surface area contributed by atoms with E-state index in [1.54, 1.807) is 13.8 Å². The molecule has 0 aliphatic rings. The number of ether oxygens (including phenoxy) is 1. The standard InChI is InChI=1S/C9H11FN2O2/c1-5(2)14-9-7(8(11)13)3-6(10)4-12-9/h3-5H,1-2H3,(H2,11,13). The third-order valence-electron chi connectivity index (χ3n) is 1.43. The zero-order chi connectivity index (χ0) is 10.7. The number of hydrogen-bond donors (Lipinski definition) is 1. The Morgan fingerprint density at radius 1 is 1.64 bits per heavy atom. The van der Waals surface area contributed by atoms with Gasteiger partial charge in [0, 0.05) is 0 Å². The average molecular weight is 198 g/mol. The van der Waals surface area contributed by atoms with Crippen molar-refractivity contribution in [2.24, 2.45) is 5.73 Å². The summed E-state index contributed by atoms with van der Waals surface area (Å²) >= 11 is 0. The van der Waals surface area contributed by atoms with Crippen LogP contribution in [0.1, 0.15) is 24.2 Å². The van der Waals surface area contributed by atoms with Crippen molar-refractivity contribution in [2.45, 2.75) is 20.0 Å². The number of carbonyl (C=O) groups excluding carboxylic acids is 1. The van der Waals surface area contributed by atoms with Crippen LogP contribution in [0.15, 0.2) is 12.3 Å². The van der Waals surface area contributed by atoms with Crippen LogP contribution in [0.5, 0.6) is 5.88 Å². The van der Waals surface area contributed by atoms with Crippen LogP contribution in [0.2, 0.25) is 0 Å². The Morgan fingerprint density at radius 2 is 2.29 bits per heavy atom. The first-order valence-corrected chi connectivity index (χ1v) is 4.12. The van der Waals surface area contributed by atoms with E-state index in [4.69, 9.17) is 10.5 Å². The molecular formula is C9H11FN2O2. The summed E-state index contributed by atoms with van der Waals surface area (Å²) < 4.78 is 17.9. The fourth-order valence-corrected chi connectivity index (χ4v) is 0.920. The second-order valence-electron chi connectivity index (χ2n) is 3.04. The second-order valence-corrected chi connectivity index (χ2v) is 3.04. The van der Waals surface area contributed by atoms with Crippen molar-refractivity contribution in [1.82, 2.24) is 4.98 Å². The molecule has 0 aliphatic heterocycles. The van der Waals surface area contributed by atoms with E-state index in [1.165, 1.54) is 0 Å². The minimum absolute atomic E-state index is 0.0429. The third-order valence-corrected chi connectivity index (χ3v) is 1.43. The molecule has 14 heavy (non-hydrogen) atoms. The van der Waals surface area contributed by atoms with Gasteiger partial charge in [-0.2, -0.15) is 0 Å². The van der Waals surface area contributed by atoms with E-state index < -0.39 is 11.7 Å². The van der Waals surface area contributed by atoms with E-state index in [0.29, 0.717) is 0 Å². The number of nitrogens with two attached hydrogens (primary N) is 1. The molecule has 0 saturated heterocycles. The van der Waals surface area contributed by atoms with Gasteiger partial charge in [0.1, 0.15) is 11.4 Å². The van der Waals surface area contributed by atoms with Crippen molar-refractivity contribution in [3.05, 3.63) is 23.6 Å². The maximum atomic E-state index is 12.7. The van der Waals surface area contributed by atoms with Crippen LogP contribution in [-0.2, 0) is 0 Å². The van der Waals surface area contributed by atoms with Crippen LogP contribution in [-0.4, -0.2) is 17.0 Å². The first-order valence-electron chi connectivity index (χ1n) is 4.12. The lowest BCUT2D eigenvalue weighted by Crippen LogP contribution is -2.16. The molecule has 76 valence electrons. The molecule has 2 N–H and O–H groups in total. The smallest absolute Gasteiger partial charge is 0.254 e. The Balaban J connectivity index is 3.08. The van der Waals surface area contributed by atoms with Gasteiger partial charge in [-0.05, 0) is 19.9 Å². The van der Waals surface area contributed by atoms with Crippen LogP contribution in [0.4, 0.5) is 4.39 Å². The molecule has 0 spiro atoms. The first-order chi connectivity index (χ1) is 6.50. The van der Waals surface area contributed by atoms with Crippen LogP contribution < -0.4 is 10.5 Å². The fraction of sp³-hybridized carbons (Fsp3) is 0.333. The molecule has 1 heterocycles. The van der Waals surface area contributed by atoms with Crippen molar-refractivity contribution < 1.29 is 13.9 Å². The average Bonchev–Trinajstić information content (AvgIpc) is 2.07. The van der Waals surface area contributed by atoms with Gasteiger partial charge in [0.05, 0.1) is 12.3 Å². The van der Waals surface area contributed by atoms with Gasteiger partial charge >= 0.3 is 0 Å². The third kappa shape index (κ3) is 2.42. The molecular weight excluding hydrogens is 187 g/mol.